The molecule has 0 radical (unpaired) electrons. The molecule has 0 saturated heterocycles. The molecular weight excluding hydrogens is 589 g/mol. The van der Waals surface area contributed by atoms with E-state index in [0.717, 1.165) is 31.1 Å². The van der Waals surface area contributed by atoms with Crippen molar-refractivity contribution in [3.8, 4) is 0 Å². The second kappa shape index (κ2) is 36.0. The van der Waals surface area contributed by atoms with Crippen molar-refractivity contribution in [1.29, 1.82) is 0 Å². The van der Waals surface area contributed by atoms with Gasteiger partial charge in [0.15, 0.2) is 0 Å². The third kappa shape index (κ3) is 31.6. The van der Waals surface area contributed by atoms with Gasteiger partial charge in [-0.1, -0.05) is 181 Å². The van der Waals surface area contributed by atoms with E-state index in [1.165, 1.54) is 154 Å². The highest BCUT2D eigenvalue weighted by Crippen LogP contribution is 2.24. The molecule has 0 amide bonds. The van der Waals surface area contributed by atoms with Gasteiger partial charge in [0, 0.05) is 0 Å². The van der Waals surface area contributed by atoms with E-state index >= 15 is 0 Å². The van der Waals surface area contributed by atoms with Crippen molar-refractivity contribution in [3.63, 3.8) is 0 Å². The highest BCUT2D eigenvalue weighted by atomic mass is 32.1. The summed E-state index contributed by atoms with van der Waals surface area (Å²) in [6.45, 7) is 9.06. The Morgan fingerprint density at radius 1 is 0.444 bits per heavy atom. The first-order valence-electron chi connectivity index (χ1n) is 19.7. The van der Waals surface area contributed by atoms with E-state index in [4.69, 9.17) is 13.3 Å². The van der Waals surface area contributed by atoms with Crippen molar-refractivity contribution in [2.75, 3.05) is 5.75 Å². The van der Waals surface area contributed by atoms with E-state index in [2.05, 4.69) is 58.6 Å². The smallest absolute Gasteiger partial charge is 0.490 e. The quantitative estimate of drug-likeness (QED) is 0.0312. The summed E-state index contributed by atoms with van der Waals surface area (Å²) in [4.78, 5) is 0. The molecule has 0 spiro atoms. The zero-order valence-electron chi connectivity index (χ0n) is 30.7. The lowest BCUT2D eigenvalue weighted by atomic mass is 10.1. The van der Waals surface area contributed by atoms with Crippen LogP contribution in [-0.4, -0.2) is 14.6 Å². The van der Waals surface area contributed by atoms with Gasteiger partial charge in [-0.3, -0.25) is 0 Å². The molecule has 45 heavy (non-hydrogen) atoms. The van der Waals surface area contributed by atoms with Gasteiger partial charge in [0.25, 0.3) is 0 Å². The van der Waals surface area contributed by atoms with E-state index < -0.39 is 8.80 Å². The van der Waals surface area contributed by atoms with Crippen molar-refractivity contribution in [1.82, 2.24) is 0 Å². The molecule has 0 saturated carbocycles. The molecule has 0 aromatic heterocycles. The largest absolute Gasteiger partial charge is 0.698 e. The minimum absolute atomic E-state index is 0.350. The molecule has 3 nitrogen and oxygen atoms in total. The van der Waals surface area contributed by atoms with Gasteiger partial charge in [-0.25, -0.2) is 0 Å². The van der Waals surface area contributed by atoms with Crippen LogP contribution in [0.4, 0.5) is 0 Å². The predicted octanol–water partition coefficient (Wildman–Crippen LogP) is 14.7. The fourth-order valence-corrected chi connectivity index (χ4v) is 8.30. The maximum Gasteiger partial charge on any atom is 0.698 e. The van der Waals surface area contributed by atoms with Gasteiger partial charge < -0.3 is 13.3 Å². The van der Waals surface area contributed by atoms with Crippen molar-refractivity contribution in [2.45, 2.75) is 207 Å². The van der Waals surface area contributed by atoms with Gasteiger partial charge in [-0.2, -0.15) is 12.6 Å². The van der Waals surface area contributed by atoms with E-state index in [9.17, 15) is 0 Å². The molecule has 0 heterocycles. The zero-order valence-corrected chi connectivity index (χ0v) is 32.6. The SMILES string of the molecule is CCCCCCCCCCC=CO[Si](CC(C)CS)(OC=CCCCCCCCCCC)OC=CCCCCCCCCCC. The van der Waals surface area contributed by atoms with E-state index in [1.54, 1.807) is 0 Å². The first-order chi connectivity index (χ1) is 22.1. The Morgan fingerprint density at radius 3 is 0.978 bits per heavy atom. The van der Waals surface area contributed by atoms with Crippen LogP contribution in [0.5, 0.6) is 0 Å². The normalized spacial score (nSPS) is 14.1. The van der Waals surface area contributed by atoms with Crippen LogP contribution in [0.1, 0.15) is 201 Å². The van der Waals surface area contributed by atoms with Crippen molar-refractivity contribution < 1.29 is 13.3 Å². The van der Waals surface area contributed by atoms with Crippen LogP contribution in [0.15, 0.2) is 37.0 Å². The van der Waals surface area contributed by atoms with Crippen LogP contribution in [0.2, 0.25) is 6.04 Å². The summed E-state index contributed by atoms with van der Waals surface area (Å²) in [6.07, 6.45) is 47.4. The first-order valence-corrected chi connectivity index (χ1v) is 22.3. The van der Waals surface area contributed by atoms with Crippen LogP contribution < -0.4 is 0 Å². The monoisotopic (exact) mass is 667 g/mol. The molecule has 0 aliphatic carbocycles. The molecule has 0 aliphatic heterocycles. The molecule has 0 aliphatic rings. The Balaban J connectivity index is 4.88. The maximum atomic E-state index is 6.44. The molecule has 0 rings (SSSR count). The van der Waals surface area contributed by atoms with Gasteiger partial charge in [-0.15, -0.1) is 0 Å². The summed E-state index contributed by atoms with van der Waals surface area (Å²) in [5, 5.41) is 0. The number of thiol groups is 1. The summed E-state index contributed by atoms with van der Waals surface area (Å²) in [5.74, 6) is 1.14. The summed E-state index contributed by atoms with van der Waals surface area (Å²) in [5.41, 5.74) is 0. The fourth-order valence-electron chi connectivity index (χ4n) is 5.57. The number of rotatable bonds is 36. The maximum absolute atomic E-state index is 6.44. The van der Waals surface area contributed by atoms with Crippen LogP contribution in [0.25, 0.3) is 0 Å². The Labute approximate surface area is 289 Å². The van der Waals surface area contributed by atoms with E-state index in [-0.39, 0.29) is 0 Å². The van der Waals surface area contributed by atoms with Crippen molar-refractivity contribution in [2.24, 2.45) is 5.92 Å². The molecule has 1 unspecified atom stereocenters. The van der Waals surface area contributed by atoms with Gasteiger partial charge in [-0.05, 0) is 50.2 Å². The van der Waals surface area contributed by atoms with Gasteiger partial charge in [0.2, 0.25) is 0 Å². The van der Waals surface area contributed by atoms with E-state index in [1.807, 2.05) is 18.8 Å². The predicted molar refractivity (Wildman–Crippen MR) is 206 cm³/mol. The summed E-state index contributed by atoms with van der Waals surface area (Å²) in [6, 6.07) is 0.753. The molecule has 5 heteroatoms. The van der Waals surface area contributed by atoms with E-state index in [0.29, 0.717) is 5.92 Å². The summed E-state index contributed by atoms with van der Waals surface area (Å²) in [7, 11) is -2.97. The lowest BCUT2D eigenvalue weighted by Crippen LogP contribution is -2.43. The van der Waals surface area contributed by atoms with Gasteiger partial charge >= 0.3 is 8.80 Å². The first kappa shape index (κ1) is 44.2. The lowest BCUT2D eigenvalue weighted by molar-refractivity contribution is 0.174. The molecule has 1 atom stereocenters. The number of hydrogen-bond acceptors (Lipinski definition) is 4. The summed E-state index contributed by atoms with van der Waals surface area (Å²) >= 11 is 4.58. The Kier molecular flexibility index (Phi) is 35.4. The molecular formula is C40H78O3SSi. The van der Waals surface area contributed by atoms with Crippen molar-refractivity contribution >= 4 is 21.4 Å². The average molecular weight is 667 g/mol. The molecule has 266 valence electrons. The second-order valence-electron chi connectivity index (χ2n) is 13.4. The van der Waals surface area contributed by atoms with Crippen LogP contribution in [0, 0.1) is 5.92 Å². The fraction of sp³-hybridized carbons (Fsp3) is 0.850. The summed E-state index contributed by atoms with van der Waals surface area (Å²) < 4.78 is 19.3. The van der Waals surface area contributed by atoms with Crippen LogP contribution >= 0.6 is 12.6 Å². The topological polar surface area (TPSA) is 27.7 Å². The standard InChI is InChI=1S/C40H78O3SSi/c1-5-8-11-14-17-20-23-26-29-32-35-41-45(39-40(4)38-44,42-36-33-30-27-24-21-18-15-12-9-6-2)43-37-34-31-28-25-22-19-16-13-10-7-3/h32-37,40,44H,5-31,38-39H2,1-4H3. The van der Waals surface area contributed by atoms with Gasteiger partial charge in [0.05, 0.1) is 24.8 Å². The Morgan fingerprint density at radius 2 is 0.711 bits per heavy atom. The minimum atomic E-state index is -2.97. The zero-order chi connectivity index (χ0) is 32.9. The van der Waals surface area contributed by atoms with Crippen LogP contribution in [0.3, 0.4) is 0 Å². The third-order valence-electron chi connectivity index (χ3n) is 8.61. The van der Waals surface area contributed by atoms with Gasteiger partial charge in [0.1, 0.15) is 0 Å². The lowest BCUT2D eigenvalue weighted by Gasteiger charge is -2.27. The molecule has 0 aromatic rings. The average Bonchev–Trinajstić information content (AvgIpc) is 3.05. The minimum Gasteiger partial charge on any atom is -0.490 e. The second-order valence-corrected chi connectivity index (χ2v) is 16.3. The number of allylic oxidation sites excluding steroid dienone is 3. The molecule has 0 N–H and O–H groups in total. The number of hydrogen-bond donors (Lipinski definition) is 1. The highest BCUT2D eigenvalue weighted by molar-refractivity contribution is 7.80. The van der Waals surface area contributed by atoms with Crippen molar-refractivity contribution in [3.05, 3.63) is 37.0 Å². The third-order valence-corrected chi connectivity index (χ3v) is 11.9. The van der Waals surface area contributed by atoms with Crippen LogP contribution in [-0.2, 0) is 13.3 Å². The number of unbranched alkanes of at least 4 members (excludes halogenated alkanes) is 24. The Hall–Kier alpha value is -0.813. The molecule has 0 aromatic carbocycles. The highest BCUT2D eigenvalue weighted by Gasteiger charge is 2.47. The molecule has 0 fully saturated rings. The molecule has 0 bridgehead atoms. The Bertz CT molecular complexity index is 587.